The van der Waals surface area contributed by atoms with Crippen molar-refractivity contribution in [1.29, 1.82) is 0 Å². The van der Waals surface area contributed by atoms with Crippen LogP contribution in [0.4, 0.5) is 5.69 Å². The number of sulfone groups is 1. The fourth-order valence-electron chi connectivity index (χ4n) is 2.66. The molecule has 0 aliphatic carbocycles. The molecule has 0 radical (unpaired) electrons. The Balaban J connectivity index is 2.36. The summed E-state index contributed by atoms with van der Waals surface area (Å²) in [4.78, 5) is 14.0. The summed E-state index contributed by atoms with van der Waals surface area (Å²) in [7, 11) is -3.24. The molecule has 4 nitrogen and oxygen atoms in total. The number of benzene rings is 1. The van der Waals surface area contributed by atoms with Crippen molar-refractivity contribution in [3.8, 4) is 0 Å². The van der Waals surface area contributed by atoms with Gasteiger partial charge in [0.15, 0.2) is 9.84 Å². The molecule has 110 valence electrons. The predicted octanol–water partition coefficient (Wildman–Crippen LogP) is 2.29. The van der Waals surface area contributed by atoms with Crippen LogP contribution in [-0.2, 0) is 14.6 Å². The average molecular weight is 295 g/mol. The number of carbonyl (C=O) groups is 1. The van der Waals surface area contributed by atoms with Crippen LogP contribution in [0.25, 0.3) is 0 Å². The third kappa shape index (κ3) is 3.03. The second-order valence-electron chi connectivity index (χ2n) is 5.27. The molecule has 0 amide bonds. The second kappa shape index (κ2) is 5.95. The van der Waals surface area contributed by atoms with Crippen LogP contribution in [0.5, 0.6) is 0 Å². The van der Waals surface area contributed by atoms with E-state index in [1.54, 1.807) is 26.0 Å². The van der Waals surface area contributed by atoms with E-state index < -0.39 is 9.84 Å². The Kier molecular flexibility index (Phi) is 4.48. The van der Waals surface area contributed by atoms with Crippen molar-refractivity contribution in [2.45, 2.75) is 31.6 Å². The topological polar surface area (TPSA) is 54.5 Å². The van der Waals surface area contributed by atoms with Crippen LogP contribution in [0.1, 0.15) is 26.7 Å². The lowest BCUT2D eigenvalue weighted by molar-refractivity contribution is -0.120. The van der Waals surface area contributed by atoms with E-state index >= 15 is 0 Å². The van der Waals surface area contributed by atoms with Gasteiger partial charge in [-0.05, 0) is 31.9 Å². The first-order valence-electron chi connectivity index (χ1n) is 7.03. The van der Waals surface area contributed by atoms with Crippen molar-refractivity contribution in [2.24, 2.45) is 5.92 Å². The second-order valence-corrected chi connectivity index (χ2v) is 7.51. The van der Waals surface area contributed by atoms with Gasteiger partial charge in [-0.1, -0.05) is 19.1 Å². The molecule has 20 heavy (non-hydrogen) atoms. The summed E-state index contributed by atoms with van der Waals surface area (Å²) in [5.74, 6) is 0.292. The first-order valence-corrected chi connectivity index (χ1v) is 8.68. The highest BCUT2D eigenvalue weighted by Crippen LogP contribution is 2.30. The van der Waals surface area contributed by atoms with Gasteiger partial charge in [0.2, 0.25) is 0 Å². The lowest BCUT2D eigenvalue weighted by Crippen LogP contribution is -2.38. The highest BCUT2D eigenvalue weighted by molar-refractivity contribution is 7.91. The number of para-hydroxylation sites is 1. The van der Waals surface area contributed by atoms with Gasteiger partial charge in [-0.25, -0.2) is 8.42 Å². The lowest BCUT2D eigenvalue weighted by Gasteiger charge is -2.34. The number of Topliss-reactive ketones (excluding diaryl/α,β-unsaturated/α-hetero) is 1. The number of carbonyl (C=O) groups excluding carboxylic acids is 1. The van der Waals surface area contributed by atoms with Crippen molar-refractivity contribution in [2.75, 3.05) is 23.7 Å². The zero-order chi connectivity index (χ0) is 14.8. The van der Waals surface area contributed by atoms with E-state index in [-0.39, 0.29) is 17.5 Å². The molecular weight excluding hydrogens is 274 g/mol. The number of rotatable bonds is 4. The van der Waals surface area contributed by atoms with Crippen LogP contribution in [-0.4, -0.2) is 33.0 Å². The zero-order valence-electron chi connectivity index (χ0n) is 12.0. The molecule has 1 aliphatic heterocycles. The van der Waals surface area contributed by atoms with Gasteiger partial charge in [0.1, 0.15) is 5.78 Å². The quantitative estimate of drug-likeness (QED) is 0.855. The Morgan fingerprint density at radius 3 is 2.70 bits per heavy atom. The molecular formula is C15H21NO3S. The van der Waals surface area contributed by atoms with E-state index in [0.717, 1.165) is 25.1 Å². The molecule has 0 N–H and O–H groups in total. The maximum atomic E-state index is 12.2. The van der Waals surface area contributed by atoms with Crippen molar-refractivity contribution >= 4 is 21.3 Å². The van der Waals surface area contributed by atoms with Crippen LogP contribution in [0.15, 0.2) is 29.2 Å². The Labute approximate surface area is 120 Å². The minimum atomic E-state index is -3.24. The van der Waals surface area contributed by atoms with E-state index in [1.165, 1.54) is 0 Å². The van der Waals surface area contributed by atoms with Gasteiger partial charge < -0.3 is 4.90 Å². The molecule has 0 bridgehead atoms. The SMILES string of the molecule is CCS(=O)(=O)c1ccccc1N1CCCC(C(C)=O)C1. The van der Waals surface area contributed by atoms with Gasteiger partial charge in [-0.3, -0.25) is 4.79 Å². The molecule has 0 spiro atoms. The van der Waals surface area contributed by atoms with Crippen molar-refractivity contribution < 1.29 is 13.2 Å². The van der Waals surface area contributed by atoms with E-state index in [0.29, 0.717) is 11.4 Å². The van der Waals surface area contributed by atoms with Crippen molar-refractivity contribution in [3.05, 3.63) is 24.3 Å². The summed E-state index contributed by atoms with van der Waals surface area (Å²) in [6.45, 7) is 4.69. The summed E-state index contributed by atoms with van der Waals surface area (Å²) in [6.07, 6.45) is 1.82. The average Bonchev–Trinajstić information content (AvgIpc) is 2.47. The summed E-state index contributed by atoms with van der Waals surface area (Å²) in [5.41, 5.74) is 0.736. The normalized spacial score (nSPS) is 19.9. The summed E-state index contributed by atoms with van der Waals surface area (Å²) in [6, 6.07) is 7.09. The minimum absolute atomic E-state index is 0.0149. The van der Waals surface area contributed by atoms with Crippen LogP contribution < -0.4 is 4.90 Å². The van der Waals surface area contributed by atoms with Gasteiger partial charge in [0.25, 0.3) is 0 Å². The Morgan fingerprint density at radius 2 is 2.05 bits per heavy atom. The van der Waals surface area contributed by atoms with Gasteiger partial charge in [-0.15, -0.1) is 0 Å². The molecule has 1 saturated heterocycles. The van der Waals surface area contributed by atoms with E-state index in [1.807, 2.05) is 17.0 Å². The van der Waals surface area contributed by atoms with Crippen LogP contribution in [0.3, 0.4) is 0 Å². The predicted molar refractivity (Wildman–Crippen MR) is 79.8 cm³/mol. The number of ketones is 1. The monoisotopic (exact) mass is 295 g/mol. The summed E-state index contributed by atoms with van der Waals surface area (Å²) in [5, 5.41) is 0. The number of anilines is 1. The van der Waals surface area contributed by atoms with Gasteiger partial charge >= 0.3 is 0 Å². The zero-order valence-corrected chi connectivity index (χ0v) is 12.8. The van der Waals surface area contributed by atoms with Crippen LogP contribution in [0, 0.1) is 5.92 Å². The van der Waals surface area contributed by atoms with Gasteiger partial charge in [0, 0.05) is 19.0 Å². The Bertz CT molecular complexity index is 595. The number of hydrogen-bond donors (Lipinski definition) is 0. The maximum Gasteiger partial charge on any atom is 0.180 e. The number of hydrogen-bond acceptors (Lipinski definition) is 4. The third-order valence-electron chi connectivity index (χ3n) is 3.92. The molecule has 1 fully saturated rings. The van der Waals surface area contributed by atoms with E-state index in [4.69, 9.17) is 0 Å². The van der Waals surface area contributed by atoms with Gasteiger partial charge in [-0.2, -0.15) is 0 Å². The van der Waals surface area contributed by atoms with E-state index in [2.05, 4.69) is 0 Å². The molecule has 1 aromatic rings. The smallest absolute Gasteiger partial charge is 0.180 e. The third-order valence-corrected chi connectivity index (χ3v) is 5.69. The molecule has 1 unspecified atom stereocenters. The highest BCUT2D eigenvalue weighted by atomic mass is 32.2. The largest absolute Gasteiger partial charge is 0.370 e. The molecule has 0 saturated carbocycles. The summed E-state index contributed by atoms with van der Waals surface area (Å²) >= 11 is 0. The molecule has 0 aromatic heterocycles. The number of piperidine rings is 1. The molecule has 1 atom stereocenters. The summed E-state index contributed by atoms with van der Waals surface area (Å²) < 4.78 is 24.4. The molecule has 2 rings (SSSR count). The van der Waals surface area contributed by atoms with E-state index in [9.17, 15) is 13.2 Å². The molecule has 1 heterocycles. The van der Waals surface area contributed by atoms with Crippen LogP contribution >= 0.6 is 0 Å². The highest BCUT2D eigenvalue weighted by Gasteiger charge is 2.26. The van der Waals surface area contributed by atoms with Crippen molar-refractivity contribution in [1.82, 2.24) is 0 Å². The first kappa shape index (κ1) is 15.0. The number of nitrogens with zero attached hydrogens (tertiary/aromatic N) is 1. The fourth-order valence-corrected chi connectivity index (χ4v) is 3.78. The molecule has 1 aromatic carbocycles. The van der Waals surface area contributed by atoms with Gasteiger partial charge in [0.05, 0.1) is 16.3 Å². The first-order chi connectivity index (χ1) is 9.45. The molecule has 1 aliphatic rings. The standard InChI is InChI=1S/C15H21NO3S/c1-3-20(18,19)15-9-5-4-8-14(15)16-10-6-7-13(11-16)12(2)17/h4-5,8-9,13H,3,6-7,10-11H2,1-2H3. The molecule has 5 heteroatoms. The Morgan fingerprint density at radius 1 is 1.35 bits per heavy atom. The van der Waals surface area contributed by atoms with Crippen molar-refractivity contribution in [3.63, 3.8) is 0 Å². The van der Waals surface area contributed by atoms with Crippen LogP contribution in [0.2, 0.25) is 0 Å². The minimum Gasteiger partial charge on any atom is -0.370 e. The Hall–Kier alpha value is -1.36. The fraction of sp³-hybridized carbons (Fsp3) is 0.533. The lowest BCUT2D eigenvalue weighted by atomic mass is 9.94. The maximum absolute atomic E-state index is 12.2.